The molecule has 1 saturated heterocycles. The number of aliphatic hydroxyl groups excluding tert-OH is 1. The first kappa shape index (κ1) is 17.5. The second kappa shape index (κ2) is 7.75. The summed E-state index contributed by atoms with van der Waals surface area (Å²) in [6.07, 6.45) is 7.55. The molecular formula is C20H24N6O. The lowest BCUT2D eigenvalue weighted by atomic mass is 10.1. The highest BCUT2D eigenvalue weighted by Crippen LogP contribution is 2.25. The summed E-state index contributed by atoms with van der Waals surface area (Å²) in [4.78, 5) is 10.9. The van der Waals surface area contributed by atoms with Crippen LogP contribution in [0.2, 0.25) is 0 Å². The summed E-state index contributed by atoms with van der Waals surface area (Å²) in [6.45, 7) is 1.76. The molecule has 3 heterocycles. The minimum absolute atomic E-state index is 0.156. The zero-order valence-electron chi connectivity index (χ0n) is 15.4. The molecule has 1 fully saturated rings. The maximum Gasteiger partial charge on any atom is 0.134 e. The molecule has 0 bridgehead atoms. The topological polar surface area (TPSA) is 79.1 Å². The monoisotopic (exact) mass is 364 g/mol. The van der Waals surface area contributed by atoms with Crippen LogP contribution in [0.3, 0.4) is 0 Å². The van der Waals surface area contributed by atoms with E-state index in [2.05, 4.69) is 49.5 Å². The largest absolute Gasteiger partial charge is 0.394 e. The van der Waals surface area contributed by atoms with Crippen LogP contribution in [-0.2, 0) is 13.6 Å². The predicted octanol–water partition coefficient (Wildman–Crippen LogP) is 2.45. The Hall–Kier alpha value is -2.93. The minimum atomic E-state index is 0.156. The Bertz CT molecular complexity index is 909. The van der Waals surface area contributed by atoms with Crippen LogP contribution in [0.4, 0.5) is 11.6 Å². The quantitative estimate of drug-likeness (QED) is 0.699. The average Bonchev–Trinajstić information content (AvgIpc) is 3.35. The third-order valence-corrected chi connectivity index (χ3v) is 4.97. The van der Waals surface area contributed by atoms with Crippen LogP contribution in [-0.4, -0.2) is 44.0 Å². The molecule has 1 aromatic carbocycles. The molecule has 2 N–H and O–H groups in total. The van der Waals surface area contributed by atoms with Gasteiger partial charge in [0, 0.05) is 38.0 Å². The number of benzene rings is 1. The summed E-state index contributed by atoms with van der Waals surface area (Å²) in [5.41, 5.74) is 3.42. The molecule has 2 aromatic heterocycles. The fourth-order valence-corrected chi connectivity index (χ4v) is 3.55. The molecule has 3 aromatic rings. The van der Waals surface area contributed by atoms with Crippen LogP contribution in [0.1, 0.15) is 18.4 Å². The van der Waals surface area contributed by atoms with E-state index in [9.17, 15) is 5.11 Å². The standard InChI is InChI=1S/C20H24N6O/c1-25-12-17(11-24-25)16-5-2-4-15(8-16)10-21-19-9-20(23-14-22-19)26-7-3-6-18(26)13-27/h2,4-5,8-9,11-12,14,18,27H,3,6-7,10,13H2,1H3,(H,21,22,23). The normalized spacial score (nSPS) is 16.7. The van der Waals surface area contributed by atoms with Crippen molar-refractivity contribution in [1.29, 1.82) is 0 Å². The minimum Gasteiger partial charge on any atom is -0.394 e. The number of hydrogen-bond donors (Lipinski definition) is 2. The van der Waals surface area contributed by atoms with Gasteiger partial charge in [-0.15, -0.1) is 0 Å². The van der Waals surface area contributed by atoms with Gasteiger partial charge in [0.25, 0.3) is 0 Å². The van der Waals surface area contributed by atoms with Crippen molar-refractivity contribution in [2.75, 3.05) is 23.4 Å². The van der Waals surface area contributed by atoms with E-state index in [1.54, 1.807) is 11.0 Å². The second-order valence-electron chi connectivity index (χ2n) is 6.89. The van der Waals surface area contributed by atoms with E-state index < -0.39 is 0 Å². The fraction of sp³-hybridized carbons (Fsp3) is 0.350. The van der Waals surface area contributed by atoms with Crippen molar-refractivity contribution in [3.8, 4) is 11.1 Å². The summed E-state index contributed by atoms with van der Waals surface area (Å²) >= 11 is 0. The summed E-state index contributed by atoms with van der Waals surface area (Å²) in [6, 6.07) is 10.5. The highest BCUT2D eigenvalue weighted by atomic mass is 16.3. The molecule has 0 aliphatic carbocycles. The first-order chi connectivity index (χ1) is 13.2. The number of aromatic nitrogens is 4. The van der Waals surface area contributed by atoms with E-state index in [1.165, 1.54) is 5.56 Å². The zero-order valence-corrected chi connectivity index (χ0v) is 15.4. The van der Waals surface area contributed by atoms with Gasteiger partial charge in [-0.1, -0.05) is 18.2 Å². The van der Waals surface area contributed by atoms with Gasteiger partial charge in [0.1, 0.15) is 18.0 Å². The highest BCUT2D eigenvalue weighted by Gasteiger charge is 2.25. The van der Waals surface area contributed by atoms with Crippen molar-refractivity contribution in [3.63, 3.8) is 0 Å². The van der Waals surface area contributed by atoms with Gasteiger partial charge in [0.2, 0.25) is 0 Å². The molecule has 140 valence electrons. The summed E-state index contributed by atoms with van der Waals surface area (Å²) in [5.74, 6) is 1.66. The number of nitrogens with one attached hydrogen (secondary N) is 1. The molecule has 1 atom stereocenters. The van der Waals surface area contributed by atoms with Gasteiger partial charge in [0.15, 0.2) is 0 Å². The maximum atomic E-state index is 9.53. The molecule has 7 nitrogen and oxygen atoms in total. The molecule has 0 radical (unpaired) electrons. The van der Waals surface area contributed by atoms with E-state index in [0.29, 0.717) is 6.54 Å². The number of aryl methyl sites for hydroxylation is 1. The van der Waals surface area contributed by atoms with Crippen molar-refractivity contribution in [3.05, 3.63) is 54.6 Å². The Morgan fingerprint density at radius 2 is 2.15 bits per heavy atom. The lowest BCUT2D eigenvalue weighted by molar-refractivity contribution is 0.266. The van der Waals surface area contributed by atoms with Gasteiger partial charge in [-0.2, -0.15) is 5.10 Å². The smallest absolute Gasteiger partial charge is 0.134 e. The summed E-state index contributed by atoms with van der Waals surface area (Å²) < 4.78 is 1.81. The Balaban J connectivity index is 1.45. The SMILES string of the molecule is Cn1cc(-c2cccc(CNc3cc(N4CCCC4CO)ncn3)c2)cn1. The van der Waals surface area contributed by atoms with Gasteiger partial charge in [-0.25, -0.2) is 9.97 Å². The van der Waals surface area contributed by atoms with Crippen LogP contribution >= 0.6 is 0 Å². The first-order valence-electron chi connectivity index (χ1n) is 9.24. The molecule has 1 unspecified atom stereocenters. The molecule has 7 heteroatoms. The maximum absolute atomic E-state index is 9.53. The highest BCUT2D eigenvalue weighted by molar-refractivity contribution is 5.62. The van der Waals surface area contributed by atoms with Crippen LogP contribution in [0.15, 0.2) is 49.1 Å². The number of nitrogens with zero attached hydrogens (tertiary/aromatic N) is 5. The lowest BCUT2D eigenvalue weighted by Crippen LogP contribution is -2.32. The Kier molecular flexibility index (Phi) is 5.02. The zero-order chi connectivity index (χ0) is 18.6. The molecule has 1 aliphatic heterocycles. The van der Waals surface area contributed by atoms with E-state index in [1.807, 2.05) is 25.5 Å². The van der Waals surface area contributed by atoms with Crippen molar-refractivity contribution in [1.82, 2.24) is 19.7 Å². The Morgan fingerprint density at radius 3 is 2.96 bits per heavy atom. The van der Waals surface area contributed by atoms with Gasteiger partial charge in [0.05, 0.1) is 18.8 Å². The van der Waals surface area contributed by atoms with Crippen molar-refractivity contribution in [2.45, 2.75) is 25.4 Å². The number of rotatable bonds is 6. The van der Waals surface area contributed by atoms with Crippen LogP contribution in [0.25, 0.3) is 11.1 Å². The van der Waals surface area contributed by atoms with E-state index in [4.69, 9.17) is 0 Å². The second-order valence-corrected chi connectivity index (χ2v) is 6.89. The molecule has 4 rings (SSSR count). The number of aliphatic hydroxyl groups is 1. The molecular weight excluding hydrogens is 340 g/mol. The van der Waals surface area contributed by atoms with Crippen molar-refractivity contribution < 1.29 is 5.11 Å². The Morgan fingerprint density at radius 1 is 1.22 bits per heavy atom. The van der Waals surface area contributed by atoms with Crippen LogP contribution < -0.4 is 10.2 Å². The third kappa shape index (κ3) is 3.93. The van der Waals surface area contributed by atoms with Crippen molar-refractivity contribution >= 4 is 11.6 Å². The van der Waals surface area contributed by atoms with E-state index in [-0.39, 0.29) is 12.6 Å². The summed E-state index contributed by atoms with van der Waals surface area (Å²) in [7, 11) is 1.92. The van der Waals surface area contributed by atoms with Gasteiger partial charge >= 0.3 is 0 Å². The molecule has 0 amide bonds. The van der Waals surface area contributed by atoms with Crippen LogP contribution in [0.5, 0.6) is 0 Å². The van der Waals surface area contributed by atoms with Gasteiger partial charge < -0.3 is 15.3 Å². The average molecular weight is 364 g/mol. The van der Waals surface area contributed by atoms with E-state index in [0.717, 1.165) is 42.1 Å². The lowest BCUT2D eigenvalue weighted by Gasteiger charge is -2.24. The van der Waals surface area contributed by atoms with Crippen molar-refractivity contribution in [2.24, 2.45) is 7.05 Å². The predicted molar refractivity (Wildman–Crippen MR) is 105 cm³/mol. The molecule has 0 saturated carbocycles. The third-order valence-electron chi connectivity index (χ3n) is 4.97. The summed E-state index contributed by atoms with van der Waals surface area (Å²) in [5, 5.41) is 17.2. The molecule has 27 heavy (non-hydrogen) atoms. The number of hydrogen-bond acceptors (Lipinski definition) is 6. The van der Waals surface area contributed by atoms with Gasteiger partial charge in [-0.05, 0) is 30.0 Å². The van der Waals surface area contributed by atoms with Gasteiger partial charge in [-0.3, -0.25) is 4.68 Å². The van der Waals surface area contributed by atoms with Crippen LogP contribution in [0, 0.1) is 0 Å². The molecule has 0 spiro atoms. The van der Waals surface area contributed by atoms with E-state index >= 15 is 0 Å². The number of anilines is 2. The fourth-order valence-electron chi connectivity index (χ4n) is 3.55. The first-order valence-corrected chi connectivity index (χ1v) is 9.24. The molecule has 1 aliphatic rings. The Labute approximate surface area is 158 Å².